The van der Waals surface area contributed by atoms with Crippen LogP contribution in [0.25, 0.3) is 0 Å². The number of anilines is 1. The molecule has 5 nitrogen and oxygen atoms in total. The number of nitrogens with one attached hydrogen (secondary N) is 1. The van der Waals surface area contributed by atoms with E-state index < -0.39 is 0 Å². The third kappa shape index (κ3) is 6.74. The fourth-order valence-electron chi connectivity index (χ4n) is 1.99. The Balaban J connectivity index is 2.61. The number of hydrogen-bond acceptors (Lipinski definition) is 6. The molecule has 1 aromatic rings. The van der Waals surface area contributed by atoms with E-state index in [0.29, 0.717) is 12.6 Å². The van der Waals surface area contributed by atoms with Crippen molar-refractivity contribution in [3.63, 3.8) is 0 Å². The molecule has 1 aromatic heterocycles. The molecule has 0 aromatic carbocycles. The SMILES string of the molecule is CCCNC(C)c1csc(N(CCCOC)CCOC)n1. The maximum absolute atomic E-state index is 5.20. The molecule has 1 heterocycles. The summed E-state index contributed by atoms with van der Waals surface area (Å²) in [7, 11) is 3.47. The van der Waals surface area contributed by atoms with Crippen LogP contribution >= 0.6 is 11.3 Å². The zero-order valence-corrected chi connectivity index (χ0v) is 14.5. The van der Waals surface area contributed by atoms with E-state index in [0.717, 1.165) is 49.9 Å². The Bertz CT molecular complexity index is 374. The van der Waals surface area contributed by atoms with E-state index in [2.05, 4.69) is 29.4 Å². The second-order valence-corrected chi connectivity index (χ2v) is 5.89. The van der Waals surface area contributed by atoms with Gasteiger partial charge in [0.2, 0.25) is 0 Å². The lowest BCUT2D eigenvalue weighted by Gasteiger charge is -2.21. The molecule has 0 aliphatic carbocycles. The minimum absolute atomic E-state index is 0.304. The molecule has 0 aliphatic rings. The Labute approximate surface area is 132 Å². The molecule has 0 spiro atoms. The second-order valence-electron chi connectivity index (χ2n) is 5.06. The van der Waals surface area contributed by atoms with Gasteiger partial charge in [-0.3, -0.25) is 0 Å². The Kier molecular flexibility index (Phi) is 9.58. The van der Waals surface area contributed by atoms with Crippen LogP contribution in [-0.2, 0) is 9.47 Å². The quantitative estimate of drug-likeness (QED) is 0.601. The highest BCUT2D eigenvalue weighted by Gasteiger charge is 2.14. The van der Waals surface area contributed by atoms with Gasteiger partial charge >= 0.3 is 0 Å². The Morgan fingerprint density at radius 3 is 2.71 bits per heavy atom. The molecule has 0 bridgehead atoms. The lowest BCUT2D eigenvalue weighted by atomic mass is 10.2. The molecule has 0 saturated carbocycles. The summed E-state index contributed by atoms with van der Waals surface area (Å²) in [6.07, 6.45) is 2.14. The highest BCUT2D eigenvalue weighted by Crippen LogP contribution is 2.24. The molecule has 0 amide bonds. The first-order valence-electron chi connectivity index (χ1n) is 7.64. The van der Waals surface area contributed by atoms with Crippen LogP contribution in [0, 0.1) is 0 Å². The van der Waals surface area contributed by atoms with Crippen molar-refractivity contribution in [3.8, 4) is 0 Å². The van der Waals surface area contributed by atoms with E-state index in [9.17, 15) is 0 Å². The number of aromatic nitrogens is 1. The minimum Gasteiger partial charge on any atom is -0.385 e. The number of hydrogen-bond donors (Lipinski definition) is 1. The monoisotopic (exact) mass is 315 g/mol. The summed E-state index contributed by atoms with van der Waals surface area (Å²) in [6, 6.07) is 0.304. The third-order valence-electron chi connectivity index (χ3n) is 3.27. The molecular formula is C15H29N3O2S. The Hall–Kier alpha value is -0.690. The largest absolute Gasteiger partial charge is 0.385 e. The van der Waals surface area contributed by atoms with Gasteiger partial charge in [0.05, 0.1) is 12.3 Å². The topological polar surface area (TPSA) is 46.6 Å². The zero-order valence-electron chi connectivity index (χ0n) is 13.7. The summed E-state index contributed by atoms with van der Waals surface area (Å²) in [6.45, 7) is 8.66. The summed E-state index contributed by atoms with van der Waals surface area (Å²) >= 11 is 1.71. The van der Waals surface area contributed by atoms with Crippen molar-refractivity contribution in [1.82, 2.24) is 10.3 Å². The van der Waals surface area contributed by atoms with E-state index in [1.54, 1.807) is 25.6 Å². The Morgan fingerprint density at radius 2 is 2.05 bits per heavy atom. The molecule has 122 valence electrons. The summed E-state index contributed by atoms with van der Waals surface area (Å²) < 4.78 is 10.3. The Morgan fingerprint density at radius 1 is 1.29 bits per heavy atom. The maximum Gasteiger partial charge on any atom is 0.185 e. The predicted molar refractivity (Wildman–Crippen MR) is 89.4 cm³/mol. The first-order chi connectivity index (χ1) is 10.2. The molecule has 21 heavy (non-hydrogen) atoms. The molecule has 1 rings (SSSR count). The molecule has 1 N–H and O–H groups in total. The number of ether oxygens (including phenoxy) is 2. The van der Waals surface area contributed by atoms with Crippen LogP contribution < -0.4 is 10.2 Å². The molecule has 0 saturated heterocycles. The first-order valence-corrected chi connectivity index (χ1v) is 8.52. The fourth-order valence-corrected chi connectivity index (χ4v) is 2.96. The van der Waals surface area contributed by atoms with E-state index in [1.807, 2.05) is 0 Å². The van der Waals surface area contributed by atoms with Gasteiger partial charge in [-0.25, -0.2) is 4.98 Å². The smallest absolute Gasteiger partial charge is 0.185 e. The number of rotatable bonds is 12. The standard InChI is InChI=1S/C15H29N3O2S/c1-5-7-16-13(2)14-12-21-15(17-14)18(9-11-20-4)8-6-10-19-3/h12-13,16H,5-11H2,1-4H3. The predicted octanol–water partition coefficient (Wildman–Crippen LogP) is 2.69. The van der Waals surface area contributed by atoms with E-state index >= 15 is 0 Å². The second kappa shape index (κ2) is 11.0. The van der Waals surface area contributed by atoms with Crippen LogP contribution in [-0.4, -0.2) is 52.1 Å². The zero-order chi connectivity index (χ0) is 15.5. The van der Waals surface area contributed by atoms with Gasteiger partial charge in [-0.2, -0.15) is 0 Å². The van der Waals surface area contributed by atoms with Gasteiger partial charge in [-0.05, 0) is 26.3 Å². The summed E-state index contributed by atoms with van der Waals surface area (Å²) in [5.41, 5.74) is 1.12. The maximum atomic E-state index is 5.20. The first kappa shape index (κ1) is 18.4. The molecule has 0 fully saturated rings. The van der Waals surface area contributed by atoms with Gasteiger partial charge in [-0.1, -0.05) is 6.92 Å². The van der Waals surface area contributed by atoms with Gasteiger partial charge in [0.15, 0.2) is 5.13 Å². The minimum atomic E-state index is 0.304. The van der Waals surface area contributed by atoms with Crippen LogP contribution in [0.5, 0.6) is 0 Å². The average molecular weight is 315 g/mol. The summed E-state index contributed by atoms with van der Waals surface area (Å²) in [5.74, 6) is 0. The van der Waals surface area contributed by atoms with Crippen molar-refractivity contribution < 1.29 is 9.47 Å². The highest BCUT2D eigenvalue weighted by molar-refractivity contribution is 7.13. The van der Waals surface area contributed by atoms with Gasteiger partial charge in [0, 0.05) is 45.3 Å². The van der Waals surface area contributed by atoms with Crippen LogP contribution in [0.2, 0.25) is 0 Å². The molecular weight excluding hydrogens is 286 g/mol. The lowest BCUT2D eigenvalue weighted by molar-refractivity contribution is 0.191. The normalized spacial score (nSPS) is 12.6. The fraction of sp³-hybridized carbons (Fsp3) is 0.800. The lowest BCUT2D eigenvalue weighted by Crippen LogP contribution is -2.29. The molecule has 0 radical (unpaired) electrons. The number of nitrogens with zero attached hydrogens (tertiary/aromatic N) is 2. The van der Waals surface area contributed by atoms with Crippen LogP contribution in [0.15, 0.2) is 5.38 Å². The van der Waals surface area contributed by atoms with Crippen molar-refractivity contribution in [2.45, 2.75) is 32.7 Å². The van der Waals surface area contributed by atoms with E-state index in [-0.39, 0.29) is 0 Å². The van der Waals surface area contributed by atoms with Crippen molar-refractivity contribution in [2.75, 3.05) is 52.0 Å². The average Bonchev–Trinajstić information content (AvgIpc) is 2.98. The molecule has 1 atom stereocenters. The number of methoxy groups -OCH3 is 2. The van der Waals surface area contributed by atoms with E-state index in [1.165, 1.54) is 0 Å². The van der Waals surface area contributed by atoms with Crippen LogP contribution in [0.1, 0.15) is 38.4 Å². The molecule has 0 aliphatic heterocycles. The van der Waals surface area contributed by atoms with Crippen molar-refractivity contribution >= 4 is 16.5 Å². The van der Waals surface area contributed by atoms with Crippen molar-refractivity contribution in [2.24, 2.45) is 0 Å². The number of thiazole rings is 1. The van der Waals surface area contributed by atoms with Gasteiger partial charge in [0.1, 0.15) is 0 Å². The van der Waals surface area contributed by atoms with E-state index in [4.69, 9.17) is 14.5 Å². The molecule has 1 unspecified atom stereocenters. The third-order valence-corrected chi connectivity index (χ3v) is 4.19. The summed E-state index contributed by atoms with van der Waals surface area (Å²) in [4.78, 5) is 7.06. The highest BCUT2D eigenvalue weighted by atomic mass is 32.1. The van der Waals surface area contributed by atoms with Gasteiger partial charge in [0.25, 0.3) is 0 Å². The van der Waals surface area contributed by atoms with Gasteiger partial charge in [-0.15, -0.1) is 11.3 Å². The van der Waals surface area contributed by atoms with Crippen molar-refractivity contribution in [3.05, 3.63) is 11.1 Å². The van der Waals surface area contributed by atoms with Crippen molar-refractivity contribution in [1.29, 1.82) is 0 Å². The van der Waals surface area contributed by atoms with Gasteiger partial charge < -0.3 is 19.7 Å². The molecule has 6 heteroatoms. The summed E-state index contributed by atoms with van der Waals surface area (Å²) in [5, 5.41) is 6.70. The van der Waals surface area contributed by atoms with Crippen LogP contribution in [0.4, 0.5) is 5.13 Å². The van der Waals surface area contributed by atoms with Crippen LogP contribution in [0.3, 0.4) is 0 Å².